The van der Waals surface area contributed by atoms with Crippen LogP contribution in [0.1, 0.15) is 23.3 Å². The van der Waals surface area contributed by atoms with Gasteiger partial charge in [0.25, 0.3) is 5.91 Å². The molecule has 1 amide bonds. The Kier molecular flexibility index (Phi) is 2.94. The van der Waals surface area contributed by atoms with Crippen molar-refractivity contribution in [3.63, 3.8) is 0 Å². The molecule has 1 heterocycles. The summed E-state index contributed by atoms with van der Waals surface area (Å²) in [5, 5.41) is 2.52. The van der Waals surface area contributed by atoms with Crippen molar-refractivity contribution in [2.24, 2.45) is 0 Å². The summed E-state index contributed by atoms with van der Waals surface area (Å²) in [6.45, 7) is 0. The third-order valence-corrected chi connectivity index (χ3v) is 2.33. The van der Waals surface area contributed by atoms with Crippen molar-refractivity contribution in [3.8, 4) is 11.5 Å². The molecule has 2 rings (SSSR count). The summed E-state index contributed by atoms with van der Waals surface area (Å²) >= 11 is 0. The van der Waals surface area contributed by atoms with Crippen molar-refractivity contribution in [1.29, 1.82) is 0 Å². The Balaban J connectivity index is 2.25. The molecule has 1 N–H and O–H groups in total. The molecule has 5 heteroatoms. The Labute approximate surface area is 93.8 Å². The number of carbonyl (C=O) groups excluding carboxylic acids is 1. The first-order chi connectivity index (χ1) is 7.74. The monoisotopic (exact) mass is 222 g/mol. The fraction of sp³-hybridized carbons (Fsp3) is 0.455. The Morgan fingerprint density at radius 2 is 2.25 bits per heavy atom. The SMILES string of the molecule is CNC(=O)c1cc(OC2CC2)c(OC)cn1. The van der Waals surface area contributed by atoms with Gasteiger partial charge in [-0.1, -0.05) is 0 Å². The molecule has 16 heavy (non-hydrogen) atoms. The zero-order valence-corrected chi connectivity index (χ0v) is 9.32. The van der Waals surface area contributed by atoms with E-state index in [1.165, 1.54) is 6.20 Å². The number of rotatable bonds is 4. The fourth-order valence-electron chi connectivity index (χ4n) is 1.29. The van der Waals surface area contributed by atoms with E-state index in [2.05, 4.69) is 10.3 Å². The van der Waals surface area contributed by atoms with Crippen LogP contribution >= 0.6 is 0 Å². The first-order valence-corrected chi connectivity index (χ1v) is 5.17. The van der Waals surface area contributed by atoms with Crippen LogP contribution in [0, 0.1) is 0 Å². The highest BCUT2D eigenvalue weighted by atomic mass is 16.5. The molecule has 1 aromatic heterocycles. The molecular weight excluding hydrogens is 208 g/mol. The number of ether oxygens (including phenoxy) is 2. The van der Waals surface area contributed by atoms with Crippen LogP contribution in [0.15, 0.2) is 12.3 Å². The van der Waals surface area contributed by atoms with Crippen LogP contribution < -0.4 is 14.8 Å². The second-order valence-corrected chi connectivity index (χ2v) is 3.62. The number of nitrogens with zero attached hydrogens (tertiary/aromatic N) is 1. The number of amides is 1. The normalized spacial score (nSPS) is 14.4. The van der Waals surface area contributed by atoms with Crippen molar-refractivity contribution >= 4 is 5.91 Å². The Bertz CT molecular complexity index is 402. The average molecular weight is 222 g/mol. The maximum atomic E-state index is 11.4. The van der Waals surface area contributed by atoms with Crippen LogP contribution in [0.5, 0.6) is 11.5 Å². The zero-order chi connectivity index (χ0) is 11.5. The summed E-state index contributed by atoms with van der Waals surface area (Å²) in [4.78, 5) is 15.4. The lowest BCUT2D eigenvalue weighted by atomic mass is 10.3. The van der Waals surface area contributed by atoms with E-state index in [1.54, 1.807) is 20.2 Å². The number of carbonyl (C=O) groups is 1. The molecule has 0 unspecified atom stereocenters. The van der Waals surface area contributed by atoms with Crippen LogP contribution in [-0.4, -0.2) is 31.2 Å². The van der Waals surface area contributed by atoms with E-state index >= 15 is 0 Å². The molecule has 86 valence electrons. The van der Waals surface area contributed by atoms with Crippen LogP contribution in [0.25, 0.3) is 0 Å². The summed E-state index contributed by atoms with van der Waals surface area (Å²) in [5.41, 5.74) is 0.332. The average Bonchev–Trinajstić information content (AvgIpc) is 3.12. The van der Waals surface area contributed by atoms with Gasteiger partial charge in [-0.3, -0.25) is 4.79 Å². The van der Waals surface area contributed by atoms with Crippen molar-refractivity contribution < 1.29 is 14.3 Å². The molecule has 1 fully saturated rings. The van der Waals surface area contributed by atoms with Crippen molar-refractivity contribution in [2.45, 2.75) is 18.9 Å². The molecule has 1 aliphatic rings. The van der Waals surface area contributed by atoms with Crippen LogP contribution in [0.3, 0.4) is 0 Å². The number of nitrogens with one attached hydrogen (secondary N) is 1. The molecule has 1 aromatic rings. The minimum Gasteiger partial charge on any atom is -0.491 e. The van der Waals surface area contributed by atoms with Gasteiger partial charge in [0.1, 0.15) is 5.69 Å². The Hall–Kier alpha value is -1.78. The maximum Gasteiger partial charge on any atom is 0.269 e. The van der Waals surface area contributed by atoms with Gasteiger partial charge in [-0.15, -0.1) is 0 Å². The Morgan fingerprint density at radius 1 is 1.50 bits per heavy atom. The molecule has 0 aromatic carbocycles. The van der Waals surface area contributed by atoms with Crippen molar-refractivity contribution in [3.05, 3.63) is 18.0 Å². The molecule has 1 saturated carbocycles. The van der Waals surface area contributed by atoms with Crippen LogP contribution in [-0.2, 0) is 0 Å². The number of hydrogen-bond acceptors (Lipinski definition) is 4. The highest BCUT2D eigenvalue weighted by molar-refractivity contribution is 5.92. The molecule has 5 nitrogen and oxygen atoms in total. The van der Waals surface area contributed by atoms with Gasteiger partial charge in [0, 0.05) is 13.1 Å². The number of hydrogen-bond donors (Lipinski definition) is 1. The summed E-state index contributed by atoms with van der Waals surface area (Å²) in [7, 11) is 3.12. The van der Waals surface area contributed by atoms with Gasteiger partial charge < -0.3 is 14.8 Å². The van der Waals surface area contributed by atoms with E-state index < -0.39 is 0 Å². The highest BCUT2D eigenvalue weighted by Crippen LogP contribution is 2.33. The number of methoxy groups -OCH3 is 1. The predicted octanol–water partition coefficient (Wildman–Crippen LogP) is 0.991. The molecule has 0 saturated heterocycles. The zero-order valence-electron chi connectivity index (χ0n) is 9.32. The van der Waals surface area contributed by atoms with Gasteiger partial charge in [-0.25, -0.2) is 4.98 Å². The van der Waals surface area contributed by atoms with E-state index in [9.17, 15) is 4.79 Å². The second-order valence-electron chi connectivity index (χ2n) is 3.62. The molecule has 0 atom stereocenters. The quantitative estimate of drug-likeness (QED) is 0.825. The van der Waals surface area contributed by atoms with E-state index in [1.807, 2.05) is 0 Å². The van der Waals surface area contributed by atoms with Crippen molar-refractivity contribution in [1.82, 2.24) is 10.3 Å². The van der Waals surface area contributed by atoms with Gasteiger partial charge in [-0.2, -0.15) is 0 Å². The lowest BCUT2D eigenvalue weighted by Crippen LogP contribution is -2.19. The number of aromatic nitrogens is 1. The Morgan fingerprint density at radius 3 is 2.81 bits per heavy atom. The van der Waals surface area contributed by atoms with Gasteiger partial charge in [-0.05, 0) is 12.8 Å². The third-order valence-electron chi connectivity index (χ3n) is 2.33. The van der Waals surface area contributed by atoms with Gasteiger partial charge >= 0.3 is 0 Å². The van der Waals surface area contributed by atoms with E-state index in [4.69, 9.17) is 9.47 Å². The minimum atomic E-state index is -0.233. The summed E-state index contributed by atoms with van der Waals surface area (Å²) in [6, 6.07) is 1.61. The van der Waals surface area contributed by atoms with Crippen molar-refractivity contribution in [2.75, 3.05) is 14.2 Å². The van der Waals surface area contributed by atoms with E-state index in [0.29, 0.717) is 17.2 Å². The highest BCUT2D eigenvalue weighted by Gasteiger charge is 2.25. The largest absolute Gasteiger partial charge is 0.491 e. The molecular formula is C11H14N2O3. The minimum absolute atomic E-state index is 0.233. The third kappa shape index (κ3) is 2.24. The predicted molar refractivity (Wildman–Crippen MR) is 57.8 cm³/mol. The topological polar surface area (TPSA) is 60.5 Å². The maximum absolute atomic E-state index is 11.4. The first kappa shape index (κ1) is 10.7. The van der Waals surface area contributed by atoms with Gasteiger partial charge in [0.15, 0.2) is 11.5 Å². The van der Waals surface area contributed by atoms with Gasteiger partial charge in [0.05, 0.1) is 19.4 Å². The van der Waals surface area contributed by atoms with E-state index in [-0.39, 0.29) is 12.0 Å². The fourth-order valence-corrected chi connectivity index (χ4v) is 1.29. The summed E-state index contributed by atoms with van der Waals surface area (Å²) in [5.74, 6) is 0.904. The van der Waals surface area contributed by atoms with Crippen LogP contribution in [0.2, 0.25) is 0 Å². The standard InChI is InChI=1S/C11H14N2O3/c1-12-11(14)8-5-9(16-7-3-4-7)10(15-2)6-13-8/h5-7H,3-4H2,1-2H3,(H,12,14). The first-order valence-electron chi connectivity index (χ1n) is 5.17. The molecule has 0 bridgehead atoms. The smallest absolute Gasteiger partial charge is 0.269 e. The number of pyridine rings is 1. The lowest BCUT2D eigenvalue weighted by Gasteiger charge is -2.10. The molecule has 0 radical (unpaired) electrons. The molecule has 0 aliphatic heterocycles. The summed E-state index contributed by atoms with van der Waals surface area (Å²) in [6.07, 6.45) is 3.87. The summed E-state index contributed by atoms with van der Waals surface area (Å²) < 4.78 is 10.8. The molecule has 0 spiro atoms. The van der Waals surface area contributed by atoms with E-state index in [0.717, 1.165) is 12.8 Å². The van der Waals surface area contributed by atoms with Gasteiger partial charge in [0.2, 0.25) is 0 Å². The molecule has 1 aliphatic carbocycles. The van der Waals surface area contributed by atoms with Crippen LogP contribution in [0.4, 0.5) is 0 Å². The second kappa shape index (κ2) is 4.38. The lowest BCUT2D eigenvalue weighted by molar-refractivity contribution is 0.0957.